The largest absolute Gasteiger partial charge is 0.408 e. The van der Waals surface area contributed by atoms with Crippen LogP contribution < -0.4 is 5.73 Å². The second-order valence-corrected chi connectivity index (χ2v) is 11.9. The summed E-state index contributed by atoms with van der Waals surface area (Å²) in [5.74, 6) is 0.628. The van der Waals surface area contributed by atoms with Crippen molar-refractivity contribution in [3.63, 3.8) is 0 Å². The number of anilines is 1. The predicted octanol–water partition coefficient (Wildman–Crippen LogP) is 4.14. The fourth-order valence-electron chi connectivity index (χ4n) is 1.91. The van der Waals surface area contributed by atoms with Crippen molar-refractivity contribution in [1.82, 2.24) is 4.98 Å². The van der Waals surface area contributed by atoms with Crippen LogP contribution in [0.1, 0.15) is 45.4 Å². The molecule has 1 aliphatic carbocycles. The van der Waals surface area contributed by atoms with E-state index >= 15 is 0 Å². The molecule has 0 radical (unpaired) electrons. The van der Waals surface area contributed by atoms with Crippen LogP contribution >= 0.6 is 0 Å². The summed E-state index contributed by atoms with van der Waals surface area (Å²) in [5, 5.41) is 0.223. The first kappa shape index (κ1) is 14.5. The molecule has 1 heterocycles. The molecule has 1 atom stereocenters. The van der Waals surface area contributed by atoms with Crippen molar-refractivity contribution >= 4 is 14.0 Å². The maximum absolute atomic E-state index is 6.59. The van der Waals surface area contributed by atoms with Gasteiger partial charge in [-0.1, -0.05) is 20.8 Å². The van der Waals surface area contributed by atoms with Crippen molar-refractivity contribution in [2.24, 2.45) is 5.92 Å². The van der Waals surface area contributed by atoms with Gasteiger partial charge in [0.1, 0.15) is 0 Å². The Labute approximate surface area is 117 Å². The molecule has 1 aliphatic rings. The molecule has 0 unspecified atom stereocenters. The second kappa shape index (κ2) is 4.91. The molecular formula is C15H26N2OSi. The van der Waals surface area contributed by atoms with Gasteiger partial charge in [-0.05, 0) is 49.0 Å². The van der Waals surface area contributed by atoms with Crippen molar-refractivity contribution in [1.29, 1.82) is 0 Å². The van der Waals surface area contributed by atoms with Crippen molar-refractivity contribution in [3.8, 4) is 0 Å². The molecule has 1 saturated carbocycles. The van der Waals surface area contributed by atoms with Gasteiger partial charge in [0.15, 0.2) is 8.32 Å². The summed E-state index contributed by atoms with van der Waals surface area (Å²) >= 11 is 0. The number of nitrogens with two attached hydrogens (primary N) is 1. The van der Waals surface area contributed by atoms with E-state index in [2.05, 4.69) is 38.8 Å². The summed E-state index contributed by atoms with van der Waals surface area (Å²) in [6.07, 6.45) is 4.41. The Balaban J connectivity index is 2.23. The van der Waals surface area contributed by atoms with E-state index in [4.69, 9.17) is 10.2 Å². The van der Waals surface area contributed by atoms with Crippen molar-refractivity contribution in [3.05, 3.63) is 24.0 Å². The molecule has 3 nitrogen and oxygen atoms in total. The lowest BCUT2D eigenvalue weighted by molar-refractivity contribution is 0.156. The maximum Gasteiger partial charge on any atom is 0.193 e. The third-order valence-corrected chi connectivity index (χ3v) is 8.83. The first-order valence-electron chi connectivity index (χ1n) is 7.10. The highest BCUT2D eigenvalue weighted by molar-refractivity contribution is 6.74. The summed E-state index contributed by atoms with van der Waals surface area (Å²) in [6.45, 7) is 11.4. The highest BCUT2D eigenvalue weighted by atomic mass is 28.4. The van der Waals surface area contributed by atoms with Crippen molar-refractivity contribution in [2.45, 2.75) is 57.8 Å². The second-order valence-electron chi connectivity index (χ2n) is 7.15. The number of hydrogen-bond acceptors (Lipinski definition) is 3. The predicted molar refractivity (Wildman–Crippen MR) is 82.4 cm³/mol. The minimum absolute atomic E-state index is 0.129. The van der Waals surface area contributed by atoms with E-state index in [1.165, 1.54) is 12.8 Å². The van der Waals surface area contributed by atoms with E-state index in [1.807, 2.05) is 12.1 Å². The molecule has 0 saturated heterocycles. The zero-order chi connectivity index (χ0) is 14.3. The number of rotatable bonds is 4. The summed E-state index contributed by atoms with van der Waals surface area (Å²) in [6, 6.07) is 3.80. The number of hydrogen-bond donors (Lipinski definition) is 1. The van der Waals surface area contributed by atoms with Gasteiger partial charge in [0, 0.05) is 11.9 Å². The fraction of sp³-hybridized carbons (Fsp3) is 0.667. The average molecular weight is 278 g/mol. The SMILES string of the molecule is CC(C)(C)[Si](C)(C)O[C@@H](c1cc(N)ccn1)C1CC1. The van der Waals surface area contributed by atoms with Gasteiger partial charge in [-0.2, -0.15) is 0 Å². The standard InChI is InChI=1S/C15H26N2OSi/c1-15(2,3)19(4,5)18-14(11-6-7-11)13-10-12(16)8-9-17-13/h8-11,14H,6-7H2,1-5H3,(H2,16,17)/t14-/m1/s1. The van der Waals surface area contributed by atoms with Gasteiger partial charge < -0.3 is 10.2 Å². The normalized spacial score (nSPS) is 18.4. The van der Waals surface area contributed by atoms with Crippen LogP contribution in [0.15, 0.2) is 18.3 Å². The highest BCUT2D eigenvalue weighted by Crippen LogP contribution is 2.48. The van der Waals surface area contributed by atoms with Crippen LogP contribution in [0.5, 0.6) is 0 Å². The van der Waals surface area contributed by atoms with Crippen LogP contribution in [0.3, 0.4) is 0 Å². The number of nitrogens with zero attached hydrogens (tertiary/aromatic N) is 1. The summed E-state index contributed by atoms with van der Waals surface area (Å²) < 4.78 is 6.59. The Morgan fingerprint density at radius 3 is 2.47 bits per heavy atom. The zero-order valence-electron chi connectivity index (χ0n) is 12.7. The molecule has 1 fully saturated rings. The Morgan fingerprint density at radius 2 is 2.00 bits per heavy atom. The molecule has 2 rings (SSSR count). The molecule has 0 amide bonds. The third kappa shape index (κ3) is 3.36. The van der Waals surface area contributed by atoms with Crippen molar-refractivity contribution in [2.75, 3.05) is 5.73 Å². The average Bonchev–Trinajstić information content (AvgIpc) is 3.08. The van der Waals surface area contributed by atoms with Gasteiger partial charge in [0.2, 0.25) is 0 Å². The van der Waals surface area contributed by atoms with E-state index in [0.717, 1.165) is 11.4 Å². The number of nitrogen functional groups attached to an aromatic ring is 1. The first-order chi connectivity index (χ1) is 8.71. The molecule has 0 spiro atoms. The van der Waals surface area contributed by atoms with E-state index in [-0.39, 0.29) is 11.1 Å². The molecule has 0 bridgehead atoms. The molecule has 106 valence electrons. The fourth-order valence-corrected chi connectivity index (χ4v) is 3.21. The number of aromatic nitrogens is 1. The Bertz CT molecular complexity index is 450. The van der Waals surface area contributed by atoms with Gasteiger partial charge in [-0.15, -0.1) is 0 Å². The van der Waals surface area contributed by atoms with Crippen LogP contribution in [-0.4, -0.2) is 13.3 Å². The minimum Gasteiger partial charge on any atom is -0.408 e. The summed E-state index contributed by atoms with van der Waals surface area (Å²) in [5.41, 5.74) is 7.66. The van der Waals surface area contributed by atoms with Crippen molar-refractivity contribution < 1.29 is 4.43 Å². The molecule has 2 N–H and O–H groups in total. The van der Waals surface area contributed by atoms with Crippen LogP contribution in [0.25, 0.3) is 0 Å². The number of pyridine rings is 1. The van der Waals surface area contributed by atoms with Crippen LogP contribution in [-0.2, 0) is 4.43 Å². The Morgan fingerprint density at radius 1 is 1.37 bits per heavy atom. The van der Waals surface area contributed by atoms with E-state index in [0.29, 0.717) is 5.92 Å². The lowest BCUT2D eigenvalue weighted by Crippen LogP contribution is -2.42. The van der Waals surface area contributed by atoms with Gasteiger partial charge in [0.05, 0.1) is 11.8 Å². The highest BCUT2D eigenvalue weighted by Gasteiger charge is 2.43. The first-order valence-corrected chi connectivity index (χ1v) is 10.0. The Hall–Kier alpha value is -0.873. The maximum atomic E-state index is 6.59. The lowest BCUT2D eigenvalue weighted by atomic mass is 10.1. The molecule has 0 aromatic carbocycles. The van der Waals surface area contributed by atoms with E-state index in [1.54, 1.807) is 6.20 Å². The minimum atomic E-state index is -1.77. The molecule has 1 aromatic heterocycles. The molecule has 0 aliphatic heterocycles. The van der Waals surface area contributed by atoms with E-state index in [9.17, 15) is 0 Å². The van der Waals surface area contributed by atoms with Gasteiger partial charge >= 0.3 is 0 Å². The van der Waals surface area contributed by atoms with Gasteiger partial charge in [0.25, 0.3) is 0 Å². The van der Waals surface area contributed by atoms with Crippen LogP contribution in [0.2, 0.25) is 18.1 Å². The summed E-state index contributed by atoms with van der Waals surface area (Å²) in [7, 11) is -1.77. The van der Waals surface area contributed by atoms with E-state index < -0.39 is 8.32 Å². The molecule has 19 heavy (non-hydrogen) atoms. The van der Waals surface area contributed by atoms with Gasteiger partial charge in [-0.3, -0.25) is 4.98 Å². The summed E-state index contributed by atoms with van der Waals surface area (Å²) in [4.78, 5) is 4.48. The smallest absolute Gasteiger partial charge is 0.193 e. The monoisotopic (exact) mass is 278 g/mol. The molecule has 1 aromatic rings. The quantitative estimate of drug-likeness (QED) is 0.842. The molecular weight excluding hydrogens is 252 g/mol. The van der Waals surface area contributed by atoms with Gasteiger partial charge in [-0.25, -0.2) is 0 Å². The van der Waals surface area contributed by atoms with Crippen LogP contribution in [0.4, 0.5) is 5.69 Å². The van der Waals surface area contributed by atoms with Crippen LogP contribution in [0, 0.1) is 5.92 Å². The zero-order valence-corrected chi connectivity index (χ0v) is 13.7. The topological polar surface area (TPSA) is 48.1 Å². The third-order valence-electron chi connectivity index (χ3n) is 4.37. The lowest BCUT2D eigenvalue weighted by Gasteiger charge is -2.39. The molecule has 4 heteroatoms. The Kier molecular flexibility index (Phi) is 3.75.